The second kappa shape index (κ2) is 6.04. The Kier molecular flexibility index (Phi) is 4.13. The minimum atomic E-state index is -0.161. The third-order valence-electron chi connectivity index (χ3n) is 3.49. The van der Waals surface area contributed by atoms with Crippen LogP contribution in [0.25, 0.3) is 11.0 Å². The Morgan fingerprint density at radius 1 is 1.19 bits per heavy atom. The van der Waals surface area contributed by atoms with Gasteiger partial charge in [-0.1, -0.05) is 17.7 Å². The maximum absolute atomic E-state index is 6.28. The molecule has 3 rings (SSSR count). The van der Waals surface area contributed by atoms with E-state index in [-0.39, 0.29) is 5.38 Å². The van der Waals surface area contributed by atoms with Crippen molar-refractivity contribution in [2.45, 2.75) is 25.3 Å². The van der Waals surface area contributed by atoms with E-state index in [9.17, 15) is 0 Å². The van der Waals surface area contributed by atoms with Crippen LogP contribution in [0.15, 0.2) is 42.7 Å². The second-order valence-electron chi connectivity index (χ2n) is 4.95. The first-order valence-corrected chi connectivity index (χ1v) is 7.66. The molecule has 108 valence electrons. The molecule has 3 nitrogen and oxygen atoms in total. The summed E-state index contributed by atoms with van der Waals surface area (Å²) in [5.41, 5.74) is 3.08. The molecule has 21 heavy (non-hydrogen) atoms. The number of hydrogen-bond acceptors (Lipinski definition) is 2. The van der Waals surface area contributed by atoms with Crippen LogP contribution in [-0.4, -0.2) is 14.5 Å². The number of halogens is 2. The van der Waals surface area contributed by atoms with Gasteiger partial charge in [-0.15, -0.1) is 11.6 Å². The normalized spacial score (nSPS) is 12.7. The van der Waals surface area contributed by atoms with E-state index < -0.39 is 0 Å². The highest BCUT2D eigenvalue weighted by atomic mass is 35.5. The molecule has 0 bridgehead atoms. The number of nitrogens with zero attached hydrogens (tertiary/aromatic N) is 3. The fourth-order valence-electron chi connectivity index (χ4n) is 2.46. The fraction of sp³-hybridized carbons (Fsp3) is 0.250. The number of imidazole rings is 1. The van der Waals surface area contributed by atoms with E-state index in [1.807, 2.05) is 49.6 Å². The molecule has 0 radical (unpaired) electrons. The van der Waals surface area contributed by atoms with Gasteiger partial charge in [0.25, 0.3) is 0 Å². The first-order valence-electron chi connectivity index (χ1n) is 6.84. The zero-order valence-corrected chi connectivity index (χ0v) is 13.1. The highest BCUT2D eigenvalue weighted by Crippen LogP contribution is 2.28. The molecule has 0 saturated carbocycles. The third kappa shape index (κ3) is 2.89. The lowest BCUT2D eigenvalue weighted by Gasteiger charge is -2.10. The summed E-state index contributed by atoms with van der Waals surface area (Å²) in [7, 11) is 0. The first-order chi connectivity index (χ1) is 10.2. The van der Waals surface area contributed by atoms with Crippen LogP contribution in [-0.2, 0) is 13.0 Å². The maximum Gasteiger partial charge on any atom is 0.127 e. The smallest absolute Gasteiger partial charge is 0.127 e. The number of para-hydroxylation sites is 1. The molecule has 2 aromatic heterocycles. The van der Waals surface area contributed by atoms with Crippen LogP contribution in [0.1, 0.15) is 23.7 Å². The molecule has 0 aliphatic rings. The number of pyridine rings is 1. The Morgan fingerprint density at radius 2 is 1.95 bits per heavy atom. The van der Waals surface area contributed by atoms with E-state index >= 15 is 0 Å². The van der Waals surface area contributed by atoms with Gasteiger partial charge in [-0.2, -0.15) is 0 Å². The standard InChI is InChI=1S/C16H15Cl2N3/c1-11(17)16-20-15-13(18)3-2-4-14(15)21(16)10-7-12-5-8-19-9-6-12/h2-6,8-9,11H,7,10H2,1H3. The Bertz CT molecular complexity index is 751. The Morgan fingerprint density at radius 3 is 2.67 bits per heavy atom. The SMILES string of the molecule is CC(Cl)c1nc2c(Cl)cccc2n1CCc1ccncc1. The largest absolute Gasteiger partial charge is 0.326 e. The summed E-state index contributed by atoms with van der Waals surface area (Å²) < 4.78 is 2.15. The van der Waals surface area contributed by atoms with Gasteiger partial charge >= 0.3 is 0 Å². The monoisotopic (exact) mass is 319 g/mol. The van der Waals surface area contributed by atoms with Crippen molar-refractivity contribution in [1.82, 2.24) is 14.5 Å². The molecule has 0 spiro atoms. The molecule has 0 saturated heterocycles. The summed E-state index contributed by atoms with van der Waals surface area (Å²) in [5.74, 6) is 0.855. The zero-order chi connectivity index (χ0) is 14.8. The molecule has 1 aromatic carbocycles. The van der Waals surface area contributed by atoms with Gasteiger partial charge in [0.1, 0.15) is 11.3 Å². The van der Waals surface area contributed by atoms with E-state index in [1.165, 1.54) is 5.56 Å². The van der Waals surface area contributed by atoms with Gasteiger partial charge in [0, 0.05) is 18.9 Å². The predicted octanol–water partition coefficient (Wildman–Crippen LogP) is 4.63. The van der Waals surface area contributed by atoms with Crippen molar-refractivity contribution in [3.63, 3.8) is 0 Å². The van der Waals surface area contributed by atoms with Gasteiger partial charge in [0.05, 0.1) is 15.9 Å². The fourth-order valence-corrected chi connectivity index (χ4v) is 2.84. The van der Waals surface area contributed by atoms with Crippen molar-refractivity contribution in [3.05, 3.63) is 59.1 Å². The van der Waals surface area contributed by atoms with Gasteiger partial charge in [-0.25, -0.2) is 4.98 Å². The van der Waals surface area contributed by atoms with Gasteiger partial charge in [0.2, 0.25) is 0 Å². The number of benzene rings is 1. The number of fused-ring (bicyclic) bond motifs is 1. The van der Waals surface area contributed by atoms with Crippen LogP contribution < -0.4 is 0 Å². The molecule has 1 atom stereocenters. The minimum absolute atomic E-state index is 0.161. The molecule has 0 N–H and O–H groups in total. The first kappa shape index (κ1) is 14.4. The lowest BCUT2D eigenvalue weighted by molar-refractivity contribution is 0.668. The van der Waals surface area contributed by atoms with Crippen molar-refractivity contribution in [3.8, 4) is 0 Å². The van der Waals surface area contributed by atoms with Crippen molar-refractivity contribution in [1.29, 1.82) is 0 Å². The molecule has 3 aromatic rings. The van der Waals surface area contributed by atoms with E-state index in [1.54, 1.807) is 0 Å². The summed E-state index contributed by atoms with van der Waals surface area (Å²) >= 11 is 12.5. The lowest BCUT2D eigenvalue weighted by Crippen LogP contribution is -2.06. The zero-order valence-electron chi connectivity index (χ0n) is 11.6. The molecule has 0 fully saturated rings. The highest BCUT2D eigenvalue weighted by molar-refractivity contribution is 6.35. The van der Waals surface area contributed by atoms with Gasteiger partial charge in [-0.3, -0.25) is 4.98 Å². The summed E-state index contributed by atoms with van der Waals surface area (Å²) in [5, 5.41) is 0.500. The summed E-state index contributed by atoms with van der Waals surface area (Å²) in [6.45, 7) is 2.74. The Balaban J connectivity index is 2.00. The number of hydrogen-bond donors (Lipinski definition) is 0. The number of aromatic nitrogens is 3. The van der Waals surface area contributed by atoms with E-state index in [2.05, 4.69) is 14.5 Å². The third-order valence-corrected chi connectivity index (χ3v) is 3.99. The van der Waals surface area contributed by atoms with Gasteiger partial charge in [0.15, 0.2) is 0 Å². The van der Waals surface area contributed by atoms with E-state index in [0.717, 1.165) is 29.8 Å². The number of rotatable bonds is 4. The predicted molar refractivity (Wildman–Crippen MR) is 87.0 cm³/mol. The van der Waals surface area contributed by atoms with Crippen LogP contribution in [0.4, 0.5) is 0 Å². The van der Waals surface area contributed by atoms with Gasteiger partial charge in [-0.05, 0) is 43.2 Å². The topological polar surface area (TPSA) is 30.7 Å². The van der Waals surface area contributed by atoms with Crippen LogP contribution in [0, 0.1) is 0 Å². The molecule has 0 amide bonds. The van der Waals surface area contributed by atoms with Crippen LogP contribution in [0.3, 0.4) is 0 Å². The minimum Gasteiger partial charge on any atom is -0.326 e. The Labute approximate surface area is 133 Å². The Hall–Kier alpha value is -1.58. The van der Waals surface area contributed by atoms with Crippen LogP contribution >= 0.6 is 23.2 Å². The molecular weight excluding hydrogens is 305 g/mol. The molecular formula is C16H15Cl2N3. The quantitative estimate of drug-likeness (QED) is 0.656. The molecule has 0 aliphatic heterocycles. The van der Waals surface area contributed by atoms with Crippen molar-refractivity contribution >= 4 is 34.2 Å². The summed E-state index contributed by atoms with van der Waals surface area (Å²) in [6, 6.07) is 9.88. The molecule has 1 unspecified atom stereocenters. The van der Waals surface area contributed by atoms with Crippen molar-refractivity contribution in [2.75, 3.05) is 0 Å². The molecule has 0 aliphatic carbocycles. The molecule has 5 heteroatoms. The average molecular weight is 320 g/mol. The lowest BCUT2D eigenvalue weighted by atomic mass is 10.2. The van der Waals surface area contributed by atoms with E-state index in [4.69, 9.17) is 23.2 Å². The summed E-state index contributed by atoms with van der Waals surface area (Å²) in [6.07, 6.45) is 4.52. The van der Waals surface area contributed by atoms with E-state index in [0.29, 0.717) is 5.02 Å². The average Bonchev–Trinajstić information content (AvgIpc) is 2.87. The summed E-state index contributed by atoms with van der Waals surface area (Å²) in [4.78, 5) is 8.65. The maximum atomic E-state index is 6.28. The molecule has 2 heterocycles. The second-order valence-corrected chi connectivity index (χ2v) is 6.01. The van der Waals surface area contributed by atoms with Crippen LogP contribution in [0.2, 0.25) is 5.02 Å². The van der Waals surface area contributed by atoms with Crippen LogP contribution in [0.5, 0.6) is 0 Å². The highest BCUT2D eigenvalue weighted by Gasteiger charge is 2.16. The number of aryl methyl sites for hydroxylation is 2. The number of alkyl halides is 1. The van der Waals surface area contributed by atoms with Gasteiger partial charge < -0.3 is 4.57 Å². The van der Waals surface area contributed by atoms with Crippen molar-refractivity contribution < 1.29 is 0 Å². The van der Waals surface area contributed by atoms with Crippen molar-refractivity contribution in [2.24, 2.45) is 0 Å².